The van der Waals surface area contributed by atoms with Crippen molar-refractivity contribution in [3.8, 4) is 5.75 Å². The first-order chi connectivity index (χ1) is 13.5. The van der Waals surface area contributed by atoms with Gasteiger partial charge in [0.05, 0.1) is 0 Å². The Bertz CT molecular complexity index is 952. The molecule has 0 saturated carbocycles. The fraction of sp³-hybridized carbons (Fsp3) is 0.500. The van der Waals surface area contributed by atoms with Crippen LogP contribution in [0.1, 0.15) is 59.6 Å². The lowest BCUT2D eigenvalue weighted by atomic mass is 9.57. The van der Waals surface area contributed by atoms with E-state index >= 15 is 0 Å². The highest BCUT2D eigenvalue weighted by Crippen LogP contribution is 2.56. The topological polar surface area (TPSA) is 115 Å². The molecular weight excluding hydrogens is 384 g/mol. The van der Waals surface area contributed by atoms with Gasteiger partial charge in [0.2, 0.25) is 5.41 Å². The molecule has 0 saturated heterocycles. The Morgan fingerprint density at radius 2 is 1.43 bits per heavy atom. The fourth-order valence-electron chi connectivity index (χ4n) is 4.55. The van der Waals surface area contributed by atoms with Gasteiger partial charge in [-0.25, -0.2) is 0 Å². The SMILES string of the molecule is CC1=C(c2ccc(O)cc2C)C(C(C)(C)C)=C(C(C)(C)C)C(O)C1(C(=O)O)C(=O)O. The van der Waals surface area contributed by atoms with Gasteiger partial charge in [0.15, 0.2) is 0 Å². The minimum Gasteiger partial charge on any atom is -0.508 e. The third kappa shape index (κ3) is 3.43. The number of allylic oxidation sites excluding steroid dienone is 2. The Labute approximate surface area is 177 Å². The predicted molar refractivity (Wildman–Crippen MR) is 115 cm³/mol. The van der Waals surface area contributed by atoms with Gasteiger partial charge in [0.1, 0.15) is 11.9 Å². The van der Waals surface area contributed by atoms with Crippen molar-refractivity contribution in [2.24, 2.45) is 16.2 Å². The highest BCUT2D eigenvalue weighted by Gasteiger charge is 2.61. The van der Waals surface area contributed by atoms with Crippen molar-refractivity contribution in [1.82, 2.24) is 0 Å². The van der Waals surface area contributed by atoms with Crippen molar-refractivity contribution < 1.29 is 30.0 Å². The molecule has 0 aliphatic heterocycles. The maximum absolute atomic E-state index is 12.4. The van der Waals surface area contributed by atoms with Gasteiger partial charge < -0.3 is 20.4 Å². The molecule has 1 aliphatic rings. The van der Waals surface area contributed by atoms with Gasteiger partial charge in [-0.3, -0.25) is 9.59 Å². The minimum absolute atomic E-state index is 0.0606. The Kier molecular flexibility index (Phi) is 5.74. The van der Waals surface area contributed by atoms with Gasteiger partial charge in [-0.05, 0) is 70.2 Å². The molecule has 0 spiro atoms. The third-order valence-electron chi connectivity index (χ3n) is 5.88. The van der Waals surface area contributed by atoms with Crippen molar-refractivity contribution in [2.45, 2.75) is 61.5 Å². The molecule has 1 aliphatic carbocycles. The smallest absolute Gasteiger partial charge is 0.328 e. The minimum atomic E-state index is -2.52. The molecule has 0 fully saturated rings. The number of aliphatic hydroxyl groups excluding tert-OH is 1. The van der Waals surface area contributed by atoms with Crippen LogP contribution in [0.2, 0.25) is 0 Å². The molecule has 1 atom stereocenters. The van der Waals surface area contributed by atoms with Gasteiger partial charge in [0.25, 0.3) is 0 Å². The van der Waals surface area contributed by atoms with Crippen LogP contribution in [0, 0.1) is 23.2 Å². The highest BCUT2D eigenvalue weighted by molar-refractivity contribution is 6.08. The number of aliphatic carboxylic acids is 2. The maximum Gasteiger partial charge on any atom is 0.328 e. The van der Waals surface area contributed by atoms with Crippen LogP contribution in [0.15, 0.2) is 34.9 Å². The largest absolute Gasteiger partial charge is 0.508 e. The van der Waals surface area contributed by atoms with E-state index in [2.05, 4.69) is 0 Å². The van der Waals surface area contributed by atoms with Crippen LogP contribution in [0.5, 0.6) is 5.75 Å². The molecule has 0 heterocycles. The van der Waals surface area contributed by atoms with Crippen LogP contribution in [0.25, 0.3) is 5.57 Å². The Balaban J connectivity index is 3.21. The lowest BCUT2D eigenvalue weighted by Gasteiger charge is -2.47. The number of rotatable bonds is 3. The van der Waals surface area contributed by atoms with Crippen molar-refractivity contribution in [1.29, 1.82) is 0 Å². The number of phenols is 1. The number of phenolic OH excluding ortho intramolecular Hbond substituents is 1. The summed E-state index contributed by atoms with van der Waals surface area (Å²) in [4.78, 5) is 24.9. The van der Waals surface area contributed by atoms with E-state index in [4.69, 9.17) is 0 Å². The van der Waals surface area contributed by atoms with Gasteiger partial charge in [-0.15, -0.1) is 0 Å². The zero-order chi connectivity index (χ0) is 23.4. The molecule has 6 nitrogen and oxygen atoms in total. The summed E-state index contributed by atoms with van der Waals surface area (Å²) in [7, 11) is 0. The Morgan fingerprint density at radius 3 is 1.80 bits per heavy atom. The lowest BCUT2D eigenvalue weighted by molar-refractivity contribution is -0.168. The standard InChI is InChI=1S/C24H32O6/c1-12-11-14(25)9-10-15(12)16-13(2)24(20(27)28,21(29)30)19(26)18(23(6,7)8)17(16)22(3,4)5/h9-11,19,25-26H,1-8H3,(H,27,28)(H,29,30). The molecule has 2 rings (SSSR count). The summed E-state index contributed by atoms with van der Waals surface area (Å²) < 4.78 is 0. The molecular formula is C24H32O6. The zero-order valence-corrected chi connectivity index (χ0v) is 18.9. The monoisotopic (exact) mass is 416 g/mol. The zero-order valence-electron chi connectivity index (χ0n) is 18.9. The number of hydrogen-bond acceptors (Lipinski definition) is 4. The summed E-state index contributed by atoms with van der Waals surface area (Å²) in [6.45, 7) is 14.6. The molecule has 1 aromatic carbocycles. The van der Waals surface area contributed by atoms with Gasteiger partial charge >= 0.3 is 11.9 Å². The summed E-state index contributed by atoms with van der Waals surface area (Å²) in [5.74, 6) is -3.15. The second kappa shape index (κ2) is 7.27. The van der Waals surface area contributed by atoms with E-state index in [1.807, 2.05) is 41.5 Å². The molecule has 0 amide bonds. The molecule has 4 N–H and O–H groups in total. The first-order valence-electron chi connectivity index (χ1n) is 9.90. The molecule has 0 aromatic heterocycles. The lowest BCUT2D eigenvalue weighted by Crippen LogP contribution is -2.55. The number of aromatic hydroxyl groups is 1. The van der Waals surface area contributed by atoms with Crippen LogP contribution in [-0.2, 0) is 9.59 Å². The number of aliphatic hydroxyl groups is 1. The first kappa shape index (κ1) is 23.7. The quantitative estimate of drug-likeness (QED) is 0.543. The average molecular weight is 417 g/mol. The maximum atomic E-state index is 12.4. The average Bonchev–Trinajstić information content (AvgIpc) is 2.52. The predicted octanol–water partition coefficient (Wildman–Crippen LogP) is 4.39. The first-order valence-corrected chi connectivity index (χ1v) is 9.90. The van der Waals surface area contributed by atoms with Crippen molar-refractivity contribution in [2.75, 3.05) is 0 Å². The molecule has 0 bridgehead atoms. The molecule has 0 radical (unpaired) electrons. The van der Waals surface area contributed by atoms with E-state index < -0.39 is 34.3 Å². The summed E-state index contributed by atoms with van der Waals surface area (Å²) in [6.07, 6.45) is -1.73. The van der Waals surface area contributed by atoms with Crippen LogP contribution >= 0.6 is 0 Å². The van der Waals surface area contributed by atoms with E-state index in [-0.39, 0.29) is 11.3 Å². The second-order valence-electron chi connectivity index (χ2n) is 10.1. The van der Waals surface area contributed by atoms with E-state index in [1.165, 1.54) is 13.0 Å². The van der Waals surface area contributed by atoms with Crippen LogP contribution < -0.4 is 0 Å². The van der Waals surface area contributed by atoms with Crippen LogP contribution in [0.4, 0.5) is 0 Å². The van der Waals surface area contributed by atoms with Crippen molar-refractivity contribution >= 4 is 17.5 Å². The number of hydrogen-bond donors (Lipinski definition) is 4. The number of carboxylic acids is 2. The van der Waals surface area contributed by atoms with E-state index in [0.29, 0.717) is 22.3 Å². The van der Waals surface area contributed by atoms with E-state index in [9.17, 15) is 30.0 Å². The third-order valence-corrected chi connectivity index (χ3v) is 5.88. The normalized spacial score (nSPS) is 19.8. The Hall–Kier alpha value is -2.60. The van der Waals surface area contributed by atoms with Crippen LogP contribution in [0.3, 0.4) is 0 Å². The number of aryl methyl sites for hydroxylation is 1. The summed E-state index contributed by atoms with van der Waals surface area (Å²) >= 11 is 0. The fourth-order valence-corrected chi connectivity index (χ4v) is 4.55. The molecule has 30 heavy (non-hydrogen) atoms. The highest BCUT2D eigenvalue weighted by atomic mass is 16.4. The number of benzene rings is 1. The molecule has 6 heteroatoms. The second-order valence-corrected chi connectivity index (χ2v) is 10.1. The Morgan fingerprint density at radius 1 is 0.933 bits per heavy atom. The van der Waals surface area contributed by atoms with E-state index in [0.717, 1.165) is 5.57 Å². The number of carbonyl (C=O) groups is 2. The van der Waals surface area contributed by atoms with Gasteiger partial charge in [-0.1, -0.05) is 47.6 Å². The summed E-state index contributed by atoms with van der Waals surface area (Å²) in [5.41, 5.74) is -0.725. The molecule has 1 unspecified atom stereocenters. The van der Waals surface area contributed by atoms with Crippen molar-refractivity contribution in [3.63, 3.8) is 0 Å². The van der Waals surface area contributed by atoms with Gasteiger partial charge in [-0.2, -0.15) is 0 Å². The van der Waals surface area contributed by atoms with Crippen molar-refractivity contribution in [3.05, 3.63) is 46.0 Å². The number of carboxylic acid groups (broad SMARTS) is 2. The van der Waals surface area contributed by atoms with Crippen LogP contribution in [-0.4, -0.2) is 38.5 Å². The summed E-state index contributed by atoms with van der Waals surface area (Å²) in [6, 6.07) is 4.72. The molecule has 1 aromatic rings. The van der Waals surface area contributed by atoms with E-state index in [1.54, 1.807) is 19.1 Å². The van der Waals surface area contributed by atoms with Gasteiger partial charge in [0, 0.05) is 0 Å². The summed E-state index contributed by atoms with van der Waals surface area (Å²) in [5, 5.41) is 41.4. The molecule has 164 valence electrons.